The van der Waals surface area contributed by atoms with E-state index in [2.05, 4.69) is 10.5 Å². The summed E-state index contributed by atoms with van der Waals surface area (Å²) < 4.78 is 5.28. The summed E-state index contributed by atoms with van der Waals surface area (Å²) in [6.45, 7) is 1.11. The Morgan fingerprint density at radius 3 is 3.25 bits per heavy atom. The van der Waals surface area contributed by atoms with Gasteiger partial charge in [-0.2, -0.15) is 0 Å². The standard InChI is InChI=1S/C12H13ClN2O/c13-10-5-1-4-9-11(15-16-12(9)10)7-8-3-2-6-14-8/h1,4-5,8,14H,2-3,6-7H2. The van der Waals surface area contributed by atoms with Crippen LogP contribution in [-0.2, 0) is 6.42 Å². The van der Waals surface area contributed by atoms with E-state index >= 15 is 0 Å². The molecule has 84 valence electrons. The van der Waals surface area contributed by atoms with Crippen molar-refractivity contribution < 1.29 is 4.52 Å². The van der Waals surface area contributed by atoms with Gasteiger partial charge in [0.05, 0.1) is 10.7 Å². The Hall–Kier alpha value is -1.06. The lowest BCUT2D eigenvalue weighted by molar-refractivity contribution is 0.439. The van der Waals surface area contributed by atoms with Crippen molar-refractivity contribution in [1.82, 2.24) is 10.5 Å². The molecular formula is C12H13ClN2O. The second-order valence-corrected chi connectivity index (χ2v) is 4.65. The van der Waals surface area contributed by atoms with Crippen molar-refractivity contribution in [2.24, 2.45) is 0 Å². The van der Waals surface area contributed by atoms with Gasteiger partial charge in [-0.05, 0) is 31.5 Å². The largest absolute Gasteiger partial charge is 0.354 e. The highest BCUT2D eigenvalue weighted by atomic mass is 35.5. The van der Waals surface area contributed by atoms with E-state index in [1.54, 1.807) is 0 Å². The Morgan fingerprint density at radius 1 is 1.50 bits per heavy atom. The summed E-state index contributed by atoms with van der Waals surface area (Å²) in [5.74, 6) is 0. The van der Waals surface area contributed by atoms with Crippen molar-refractivity contribution in [1.29, 1.82) is 0 Å². The molecule has 0 amide bonds. The average Bonchev–Trinajstić information content (AvgIpc) is 2.90. The van der Waals surface area contributed by atoms with Gasteiger partial charge in [0.25, 0.3) is 0 Å². The van der Waals surface area contributed by atoms with E-state index in [0.717, 1.165) is 24.0 Å². The molecule has 1 fully saturated rings. The van der Waals surface area contributed by atoms with Gasteiger partial charge >= 0.3 is 0 Å². The lowest BCUT2D eigenvalue weighted by atomic mass is 10.1. The fraction of sp³-hybridized carbons (Fsp3) is 0.417. The van der Waals surface area contributed by atoms with Crippen LogP contribution in [0, 0.1) is 0 Å². The summed E-state index contributed by atoms with van der Waals surface area (Å²) in [6, 6.07) is 6.31. The number of nitrogens with one attached hydrogen (secondary N) is 1. The van der Waals surface area contributed by atoms with Gasteiger partial charge in [0.15, 0.2) is 5.58 Å². The molecule has 16 heavy (non-hydrogen) atoms. The van der Waals surface area contributed by atoms with Gasteiger partial charge in [0.2, 0.25) is 0 Å². The van der Waals surface area contributed by atoms with Gasteiger partial charge in [-0.15, -0.1) is 0 Å². The number of halogens is 1. The monoisotopic (exact) mass is 236 g/mol. The van der Waals surface area contributed by atoms with Crippen molar-refractivity contribution in [3.8, 4) is 0 Å². The Bertz CT molecular complexity index is 503. The third-order valence-corrected chi connectivity index (χ3v) is 3.42. The predicted octanol–water partition coefficient (Wildman–Crippen LogP) is 2.78. The van der Waals surface area contributed by atoms with Crippen LogP contribution < -0.4 is 5.32 Å². The van der Waals surface area contributed by atoms with Crippen LogP contribution in [0.3, 0.4) is 0 Å². The molecule has 2 aromatic rings. The smallest absolute Gasteiger partial charge is 0.185 e. The van der Waals surface area contributed by atoms with E-state index in [1.165, 1.54) is 12.8 Å². The number of para-hydroxylation sites is 1. The quantitative estimate of drug-likeness (QED) is 0.872. The van der Waals surface area contributed by atoms with E-state index in [4.69, 9.17) is 16.1 Å². The third-order valence-electron chi connectivity index (χ3n) is 3.13. The number of rotatable bonds is 2. The molecule has 1 atom stereocenters. The van der Waals surface area contributed by atoms with Gasteiger partial charge in [-0.3, -0.25) is 0 Å². The molecule has 3 rings (SSSR count). The molecule has 0 saturated carbocycles. The number of hydrogen-bond acceptors (Lipinski definition) is 3. The Morgan fingerprint density at radius 2 is 2.44 bits per heavy atom. The summed E-state index contributed by atoms with van der Waals surface area (Å²) in [5.41, 5.74) is 1.72. The van der Waals surface area contributed by atoms with Crippen LogP contribution in [0.15, 0.2) is 22.7 Å². The second-order valence-electron chi connectivity index (χ2n) is 4.24. The molecule has 0 bridgehead atoms. The Labute approximate surface area is 98.8 Å². The van der Waals surface area contributed by atoms with Crippen molar-refractivity contribution in [2.45, 2.75) is 25.3 Å². The molecule has 4 heteroatoms. The normalized spacial score (nSPS) is 20.7. The zero-order valence-electron chi connectivity index (χ0n) is 8.87. The molecular weight excluding hydrogens is 224 g/mol. The first-order valence-corrected chi connectivity index (χ1v) is 5.98. The first-order chi connectivity index (χ1) is 7.84. The molecule has 0 spiro atoms. The van der Waals surface area contributed by atoms with Crippen LogP contribution in [0.25, 0.3) is 11.0 Å². The molecule has 1 saturated heterocycles. The number of benzene rings is 1. The molecule has 0 radical (unpaired) electrons. The topological polar surface area (TPSA) is 38.1 Å². The van der Waals surface area contributed by atoms with Crippen molar-refractivity contribution >= 4 is 22.6 Å². The van der Waals surface area contributed by atoms with Gasteiger partial charge in [-0.25, -0.2) is 0 Å². The number of fused-ring (bicyclic) bond motifs is 1. The fourth-order valence-corrected chi connectivity index (χ4v) is 2.50. The van der Waals surface area contributed by atoms with E-state index in [0.29, 0.717) is 16.6 Å². The summed E-state index contributed by atoms with van der Waals surface area (Å²) >= 11 is 6.04. The highest BCUT2D eigenvalue weighted by Crippen LogP contribution is 2.27. The molecule has 1 N–H and O–H groups in total. The highest BCUT2D eigenvalue weighted by molar-refractivity contribution is 6.34. The van der Waals surface area contributed by atoms with E-state index in [9.17, 15) is 0 Å². The fourth-order valence-electron chi connectivity index (χ4n) is 2.29. The predicted molar refractivity (Wildman–Crippen MR) is 63.7 cm³/mol. The van der Waals surface area contributed by atoms with E-state index in [-0.39, 0.29) is 0 Å². The van der Waals surface area contributed by atoms with Gasteiger partial charge < -0.3 is 9.84 Å². The molecule has 2 heterocycles. The van der Waals surface area contributed by atoms with E-state index in [1.807, 2.05) is 18.2 Å². The van der Waals surface area contributed by atoms with Crippen LogP contribution in [0.1, 0.15) is 18.5 Å². The van der Waals surface area contributed by atoms with Crippen LogP contribution in [0.4, 0.5) is 0 Å². The Kier molecular flexibility index (Phi) is 2.58. The maximum absolute atomic E-state index is 6.04. The lowest BCUT2D eigenvalue weighted by Crippen LogP contribution is -2.23. The maximum atomic E-state index is 6.04. The summed E-state index contributed by atoms with van der Waals surface area (Å²) in [7, 11) is 0. The second kappa shape index (κ2) is 4.07. The zero-order valence-corrected chi connectivity index (χ0v) is 9.63. The minimum Gasteiger partial charge on any atom is -0.354 e. The molecule has 1 aliphatic heterocycles. The molecule has 1 aromatic carbocycles. The summed E-state index contributed by atoms with van der Waals surface area (Å²) in [5, 5.41) is 9.26. The number of hydrogen-bond donors (Lipinski definition) is 1. The Balaban J connectivity index is 1.94. The number of nitrogens with zero attached hydrogens (tertiary/aromatic N) is 1. The van der Waals surface area contributed by atoms with Gasteiger partial charge in [-0.1, -0.05) is 22.8 Å². The highest BCUT2D eigenvalue weighted by Gasteiger charge is 2.18. The van der Waals surface area contributed by atoms with Crippen LogP contribution >= 0.6 is 11.6 Å². The first kappa shape index (κ1) is 10.1. The van der Waals surface area contributed by atoms with E-state index < -0.39 is 0 Å². The summed E-state index contributed by atoms with van der Waals surface area (Å²) in [6.07, 6.45) is 3.39. The minimum atomic E-state index is 0.535. The third kappa shape index (κ3) is 1.70. The zero-order chi connectivity index (χ0) is 11.0. The molecule has 1 aromatic heterocycles. The lowest BCUT2D eigenvalue weighted by Gasteiger charge is -2.06. The van der Waals surface area contributed by atoms with Crippen LogP contribution in [0.2, 0.25) is 5.02 Å². The van der Waals surface area contributed by atoms with Crippen LogP contribution in [-0.4, -0.2) is 17.7 Å². The molecule has 1 aliphatic rings. The summed E-state index contributed by atoms with van der Waals surface area (Å²) in [4.78, 5) is 0. The van der Waals surface area contributed by atoms with Crippen molar-refractivity contribution in [3.05, 3.63) is 28.9 Å². The molecule has 1 unspecified atom stereocenters. The van der Waals surface area contributed by atoms with Crippen LogP contribution in [0.5, 0.6) is 0 Å². The van der Waals surface area contributed by atoms with Gasteiger partial charge in [0, 0.05) is 17.8 Å². The molecule has 3 nitrogen and oxygen atoms in total. The minimum absolute atomic E-state index is 0.535. The first-order valence-electron chi connectivity index (χ1n) is 5.61. The van der Waals surface area contributed by atoms with Crippen molar-refractivity contribution in [3.63, 3.8) is 0 Å². The maximum Gasteiger partial charge on any atom is 0.185 e. The van der Waals surface area contributed by atoms with Gasteiger partial charge in [0.1, 0.15) is 0 Å². The number of aromatic nitrogens is 1. The SMILES string of the molecule is Clc1cccc2c(CC3CCCN3)noc12. The molecule has 0 aliphatic carbocycles. The van der Waals surface area contributed by atoms with Crippen molar-refractivity contribution in [2.75, 3.05) is 6.54 Å². The average molecular weight is 237 g/mol.